The van der Waals surface area contributed by atoms with E-state index in [0.717, 1.165) is 6.26 Å². The number of nitriles is 1. The Labute approximate surface area is 136 Å². The molecule has 2 aromatic rings. The van der Waals surface area contributed by atoms with Crippen LogP contribution in [-0.2, 0) is 9.84 Å². The summed E-state index contributed by atoms with van der Waals surface area (Å²) in [6.45, 7) is 0.890. The third-order valence-corrected chi connectivity index (χ3v) is 4.15. The first-order valence-corrected chi connectivity index (χ1v) is 8.94. The predicted molar refractivity (Wildman–Crippen MR) is 86.3 cm³/mol. The smallest absolute Gasteiger partial charge is 0.175 e. The Balaban J connectivity index is 1.76. The van der Waals surface area contributed by atoms with E-state index >= 15 is 0 Å². The molecule has 0 unspecified atom stereocenters. The molecule has 0 fully saturated rings. The van der Waals surface area contributed by atoms with Crippen LogP contribution in [0.2, 0.25) is 0 Å². The molecule has 2 aromatic carbocycles. The lowest BCUT2D eigenvalue weighted by Gasteiger charge is -2.09. The summed E-state index contributed by atoms with van der Waals surface area (Å²) in [6, 6.07) is 15.3. The first kappa shape index (κ1) is 16.8. The van der Waals surface area contributed by atoms with Crippen LogP contribution in [-0.4, -0.2) is 27.9 Å². The van der Waals surface area contributed by atoms with E-state index in [1.807, 2.05) is 6.07 Å². The highest BCUT2D eigenvalue weighted by molar-refractivity contribution is 7.90. The second-order valence-corrected chi connectivity index (χ2v) is 6.95. The van der Waals surface area contributed by atoms with Crippen LogP contribution in [0.3, 0.4) is 0 Å². The number of rotatable bonds is 7. The standard InChI is InChI=1S/C17H17NO4S/c1-23(19,20)17-5-2-4-16(12-17)22-11-3-10-21-15-8-6-14(13-18)7-9-15/h2,4-9,12H,3,10-11H2,1H3. The van der Waals surface area contributed by atoms with Crippen molar-refractivity contribution in [3.63, 3.8) is 0 Å². The highest BCUT2D eigenvalue weighted by Crippen LogP contribution is 2.17. The van der Waals surface area contributed by atoms with Crippen LogP contribution in [0, 0.1) is 11.3 Å². The quantitative estimate of drug-likeness (QED) is 0.729. The van der Waals surface area contributed by atoms with Crippen molar-refractivity contribution in [2.75, 3.05) is 19.5 Å². The molecular formula is C17H17NO4S. The maximum absolute atomic E-state index is 11.5. The van der Waals surface area contributed by atoms with Crippen molar-refractivity contribution in [1.29, 1.82) is 5.26 Å². The number of benzene rings is 2. The van der Waals surface area contributed by atoms with Crippen LogP contribution in [0.4, 0.5) is 0 Å². The van der Waals surface area contributed by atoms with E-state index < -0.39 is 9.84 Å². The van der Waals surface area contributed by atoms with Gasteiger partial charge in [-0.25, -0.2) is 8.42 Å². The molecule has 23 heavy (non-hydrogen) atoms. The summed E-state index contributed by atoms with van der Waals surface area (Å²) in [5.74, 6) is 1.22. The van der Waals surface area contributed by atoms with Gasteiger partial charge >= 0.3 is 0 Å². The fourth-order valence-corrected chi connectivity index (χ4v) is 2.52. The van der Waals surface area contributed by atoms with Crippen LogP contribution in [0.25, 0.3) is 0 Å². The van der Waals surface area contributed by atoms with Gasteiger partial charge in [-0.05, 0) is 42.5 Å². The Morgan fingerprint density at radius 2 is 1.65 bits per heavy atom. The molecule has 0 amide bonds. The first-order chi connectivity index (χ1) is 11.0. The zero-order valence-corrected chi connectivity index (χ0v) is 13.5. The number of nitrogens with zero attached hydrogens (tertiary/aromatic N) is 1. The van der Waals surface area contributed by atoms with Crippen LogP contribution in [0.1, 0.15) is 12.0 Å². The van der Waals surface area contributed by atoms with Gasteiger partial charge < -0.3 is 9.47 Å². The van der Waals surface area contributed by atoms with Crippen molar-refractivity contribution >= 4 is 9.84 Å². The van der Waals surface area contributed by atoms with Crippen LogP contribution >= 0.6 is 0 Å². The number of sulfone groups is 1. The molecular weight excluding hydrogens is 314 g/mol. The molecule has 0 aromatic heterocycles. The van der Waals surface area contributed by atoms with E-state index in [1.54, 1.807) is 36.4 Å². The molecule has 0 spiro atoms. The molecule has 2 rings (SSSR count). The molecule has 0 aliphatic heterocycles. The Bertz CT molecular complexity index is 792. The van der Waals surface area contributed by atoms with Crippen LogP contribution < -0.4 is 9.47 Å². The highest BCUT2D eigenvalue weighted by atomic mass is 32.2. The summed E-state index contributed by atoms with van der Waals surface area (Å²) >= 11 is 0. The largest absolute Gasteiger partial charge is 0.493 e. The Hall–Kier alpha value is -2.52. The van der Waals surface area contributed by atoms with Crippen molar-refractivity contribution in [2.45, 2.75) is 11.3 Å². The highest BCUT2D eigenvalue weighted by Gasteiger charge is 2.07. The molecule has 6 heteroatoms. The SMILES string of the molecule is CS(=O)(=O)c1cccc(OCCCOc2ccc(C#N)cc2)c1. The second-order valence-electron chi connectivity index (χ2n) is 4.93. The molecule has 120 valence electrons. The van der Waals surface area contributed by atoms with Gasteiger partial charge in [0.2, 0.25) is 0 Å². The molecule has 0 bridgehead atoms. The van der Waals surface area contributed by atoms with E-state index in [4.69, 9.17) is 14.7 Å². The zero-order chi connectivity index (χ0) is 16.7. The molecule has 0 saturated carbocycles. The van der Waals surface area contributed by atoms with Gasteiger partial charge in [0.25, 0.3) is 0 Å². The summed E-state index contributed by atoms with van der Waals surface area (Å²) < 4.78 is 34.0. The third kappa shape index (κ3) is 5.31. The average Bonchev–Trinajstić information content (AvgIpc) is 2.54. The van der Waals surface area contributed by atoms with Crippen molar-refractivity contribution in [2.24, 2.45) is 0 Å². The number of hydrogen-bond donors (Lipinski definition) is 0. The number of hydrogen-bond acceptors (Lipinski definition) is 5. The normalized spacial score (nSPS) is 10.8. The van der Waals surface area contributed by atoms with Gasteiger partial charge in [-0.1, -0.05) is 6.07 Å². The Morgan fingerprint density at radius 3 is 2.26 bits per heavy atom. The Morgan fingerprint density at radius 1 is 1.00 bits per heavy atom. The van der Waals surface area contributed by atoms with Crippen molar-refractivity contribution in [3.8, 4) is 17.6 Å². The molecule has 0 saturated heterocycles. The van der Waals surface area contributed by atoms with Crippen LogP contribution in [0.5, 0.6) is 11.5 Å². The number of ether oxygens (including phenoxy) is 2. The minimum Gasteiger partial charge on any atom is -0.493 e. The first-order valence-electron chi connectivity index (χ1n) is 7.05. The molecule has 5 nitrogen and oxygen atoms in total. The fraction of sp³-hybridized carbons (Fsp3) is 0.235. The minimum atomic E-state index is -3.23. The molecule has 0 heterocycles. The summed E-state index contributed by atoms with van der Waals surface area (Å²) in [5, 5.41) is 8.71. The average molecular weight is 331 g/mol. The summed E-state index contributed by atoms with van der Waals surface area (Å²) in [6.07, 6.45) is 1.82. The maximum atomic E-state index is 11.5. The summed E-state index contributed by atoms with van der Waals surface area (Å²) in [5.41, 5.74) is 0.589. The van der Waals surface area contributed by atoms with Crippen molar-refractivity contribution < 1.29 is 17.9 Å². The van der Waals surface area contributed by atoms with Crippen molar-refractivity contribution in [3.05, 3.63) is 54.1 Å². The molecule has 0 radical (unpaired) electrons. The molecule has 0 N–H and O–H groups in total. The lowest BCUT2D eigenvalue weighted by atomic mass is 10.2. The van der Waals surface area contributed by atoms with Crippen molar-refractivity contribution in [1.82, 2.24) is 0 Å². The van der Waals surface area contributed by atoms with Gasteiger partial charge in [-0.15, -0.1) is 0 Å². The van der Waals surface area contributed by atoms with Crippen LogP contribution in [0.15, 0.2) is 53.4 Å². The predicted octanol–water partition coefficient (Wildman–Crippen LogP) is 2.81. The topological polar surface area (TPSA) is 76.4 Å². The molecule has 0 atom stereocenters. The maximum Gasteiger partial charge on any atom is 0.175 e. The van der Waals surface area contributed by atoms with E-state index in [0.29, 0.717) is 36.7 Å². The molecule has 0 aliphatic carbocycles. The van der Waals surface area contributed by atoms with E-state index in [-0.39, 0.29) is 4.90 Å². The summed E-state index contributed by atoms with van der Waals surface area (Å²) in [7, 11) is -3.23. The van der Waals surface area contributed by atoms with Gasteiger partial charge in [-0.3, -0.25) is 0 Å². The fourth-order valence-electron chi connectivity index (χ4n) is 1.86. The van der Waals surface area contributed by atoms with Gasteiger partial charge in [0, 0.05) is 12.7 Å². The van der Waals surface area contributed by atoms with E-state index in [1.165, 1.54) is 12.1 Å². The molecule has 0 aliphatic rings. The van der Waals surface area contributed by atoms with Gasteiger partial charge in [-0.2, -0.15) is 5.26 Å². The van der Waals surface area contributed by atoms with Gasteiger partial charge in [0.15, 0.2) is 9.84 Å². The van der Waals surface area contributed by atoms with Gasteiger partial charge in [0.05, 0.1) is 29.7 Å². The Kier molecular flexibility index (Phi) is 5.61. The summed E-state index contributed by atoms with van der Waals surface area (Å²) in [4.78, 5) is 0.240. The van der Waals surface area contributed by atoms with E-state index in [2.05, 4.69) is 0 Å². The minimum absolute atomic E-state index is 0.240. The van der Waals surface area contributed by atoms with Gasteiger partial charge in [0.1, 0.15) is 11.5 Å². The van der Waals surface area contributed by atoms with E-state index in [9.17, 15) is 8.42 Å². The lowest BCUT2D eigenvalue weighted by molar-refractivity contribution is 0.247. The second kappa shape index (κ2) is 7.65. The monoisotopic (exact) mass is 331 g/mol. The third-order valence-electron chi connectivity index (χ3n) is 3.04. The lowest BCUT2D eigenvalue weighted by Crippen LogP contribution is -2.05. The zero-order valence-electron chi connectivity index (χ0n) is 12.7.